The lowest BCUT2D eigenvalue weighted by Gasteiger charge is -2.14. The first kappa shape index (κ1) is 17.2. The monoisotopic (exact) mass is 302 g/mol. The van der Waals surface area contributed by atoms with Gasteiger partial charge in [0.2, 0.25) is 0 Å². The first-order valence-corrected chi connectivity index (χ1v) is 6.80. The van der Waals surface area contributed by atoms with Crippen molar-refractivity contribution in [2.75, 3.05) is 7.11 Å². The number of carbonyl (C=O) groups excluding carboxylic acids is 1. The molecule has 0 bridgehead atoms. The molecule has 21 heavy (non-hydrogen) atoms. The highest BCUT2D eigenvalue weighted by molar-refractivity contribution is 5.72. The van der Waals surface area contributed by atoms with E-state index in [-0.39, 0.29) is 30.0 Å². The van der Waals surface area contributed by atoms with E-state index in [1.165, 1.54) is 19.2 Å². The van der Waals surface area contributed by atoms with Crippen molar-refractivity contribution in [2.24, 2.45) is 5.92 Å². The summed E-state index contributed by atoms with van der Waals surface area (Å²) in [5.74, 6) is -0.255. The van der Waals surface area contributed by atoms with Crippen LogP contribution in [0.2, 0.25) is 0 Å². The van der Waals surface area contributed by atoms with Crippen molar-refractivity contribution >= 4 is 5.97 Å². The lowest BCUT2D eigenvalue weighted by Crippen LogP contribution is -2.16. The van der Waals surface area contributed by atoms with Gasteiger partial charge in [0.15, 0.2) is 11.5 Å². The zero-order valence-electron chi connectivity index (χ0n) is 12.4. The average Bonchev–Trinajstić information content (AvgIpc) is 2.46. The molecular formula is C15H20F2O4. The van der Waals surface area contributed by atoms with Crippen molar-refractivity contribution in [2.45, 2.75) is 39.9 Å². The van der Waals surface area contributed by atoms with Gasteiger partial charge in [-0.25, -0.2) is 0 Å². The molecule has 0 unspecified atom stereocenters. The normalized spacial score (nSPS) is 10.8. The lowest BCUT2D eigenvalue weighted by molar-refractivity contribution is -0.150. The Morgan fingerprint density at radius 1 is 1.19 bits per heavy atom. The molecule has 0 heterocycles. The van der Waals surface area contributed by atoms with Crippen molar-refractivity contribution < 1.29 is 27.8 Å². The maximum atomic E-state index is 12.2. The molecule has 6 heteroatoms. The number of halogens is 2. The van der Waals surface area contributed by atoms with Gasteiger partial charge in [-0.3, -0.25) is 4.79 Å². The number of esters is 1. The fourth-order valence-corrected chi connectivity index (χ4v) is 1.89. The highest BCUT2D eigenvalue weighted by Crippen LogP contribution is 2.29. The second-order valence-electron chi connectivity index (χ2n) is 4.48. The number of hydrogen-bond acceptors (Lipinski definition) is 4. The molecule has 0 aliphatic heterocycles. The van der Waals surface area contributed by atoms with Crippen molar-refractivity contribution in [1.82, 2.24) is 0 Å². The second-order valence-corrected chi connectivity index (χ2v) is 4.48. The molecule has 0 saturated heterocycles. The maximum Gasteiger partial charge on any atom is 0.387 e. The van der Waals surface area contributed by atoms with Crippen LogP contribution in [0.1, 0.15) is 32.3 Å². The fraction of sp³-hybridized carbons (Fsp3) is 0.533. The van der Waals surface area contributed by atoms with E-state index in [4.69, 9.17) is 9.47 Å². The van der Waals surface area contributed by atoms with Crippen LogP contribution in [-0.2, 0) is 16.1 Å². The zero-order chi connectivity index (χ0) is 15.8. The van der Waals surface area contributed by atoms with Gasteiger partial charge < -0.3 is 14.2 Å². The molecule has 118 valence electrons. The van der Waals surface area contributed by atoms with Gasteiger partial charge >= 0.3 is 12.6 Å². The Bertz CT molecular complexity index is 459. The predicted molar refractivity (Wildman–Crippen MR) is 73.5 cm³/mol. The number of benzene rings is 1. The van der Waals surface area contributed by atoms with E-state index in [0.29, 0.717) is 5.56 Å². The molecular weight excluding hydrogens is 282 g/mol. The molecule has 4 nitrogen and oxygen atoms in total. The van der Waals surface area contributed by atoms with E-state index >= 15 is 0 Å². The molecule has 0 amide bonds. The van der Waals surface area contributed by atoms with Gasteiger partial charge in [0, 0.05) is 0 Å². The molecule has 1 aromatic rings. The van der Waals surface area contributed by atoms with Crippen molar-refractivity contribution in [3.05, 3.63) is 23.8 Å². The van der Waals surface area contributed by atoms with Crippen LogP contribution in [0.15, 0.2) is 18.2 Å². The van der Waals surface area contributed by atoms with E-state index in [9.17, 15) is 13.6 Å². The lowest BCUT2D eigenvalue weighted by atomic mass is 10.0. The fourth-order valence-electron chi connectivity index (χ4n) is 1.89. The molecule has 0 aliphatic rings. The van der Waals surface area contributed by atoms with Crippen molar-refractivity contribution in [3.63, 3.8) is 0 Å². The van der Waals surface area contributed by atoms with Gasteiger partial charge in [0.05, 0.1) is 13.0 Å². The van der Waals surface area contributed by atoms with Crippen LogP contribution < -0.4 is 9.47 Å². The molecule has 0 atom stereocenters. The van der Waals surface area contributed by atoms with Gasteiger partial charge in [-0.1, -0.05) is 19.9 Å². The van der Waals surface area contributed by atoms with Crippen molar-refractivity contribution in [3.8, 4) is 11.5 Å². The molecule has 0 saturated carbocycles. The molecule has 0 radical (unpaired) electrons. The minimum absolute atomic E-state index is 0.0532. The summed E-state index contributed by atoms with van der Waals surface area (Å²) in [6.07, 6.45) is 1.44. The van der Waals surface area contributed by atoms with E-state index in [1.807, 2.05) is 13.8 Å². The van der Waals surface area contributed by atoms with Crippen LogP contribution in [-0.4, -0.2) is 19.7 Å². The van der Waals surface area contributed by atoms with E-state index in [2.05, 4.69) is 4.74 Å². The number of ether oxygens (including phenoxy) is 3. The summed E-state index contributed by atoms with van der Waals surface area (Å²) >= 11 is 0. The summed E-state index contributed by atoms with van der Waals surface area (Å²) in [5, 5.41) is 0. The number of alkyl halides is 2. The minimum atomic E-state index is -2.92. The largest absolute Gasteiger partial charge is 0.493 e. The Kier molecular flexibility index (Phi) is 6.91. The second kappa shape index (κ2) is 8.44. The maximum absolute atomic E-state index is 12.2. The van der Waals surface area contributed by atoms with Gasteiger partial charge in [-0.05, 0) is 30.5 Å². The molecule has 0 N–H and O–H groups in total. The number of carbonyl (C=O) groups is 1. The Labute approximate surface area is 123 Å². The molecule has 1 aromatic carbocycles. The topological polar surface area (TPSA) is 44.8 Å². The van der Waals surface area contributed by atoms with E-state index in [1.54, 1.807) is 6.07 Å². The number of methoxy groups -OCH3 is 1. The number of hydrogen-bond donors (Lipinski definition) is 0. The third kappa shape index (κ3) is 5.21. The third-order valence-electron chi connectivity index (χ3n) is 3.14. The Hall–Kier alpha value is -1.85. The van der Waals surface area contributed by atoms with Crippen LogP contribution in [0.4, 0.5) is 8.78 Å². The Morgan fingerprint density at radius 2 is 1.86 bits per heavy atom. The third-order valence-corrected chi connectivity index (χ3v) is 3.14. The standard InChI is InChI=1S/C15H20F2O4/c1-4-11(5-2)14(18)20-9-10-6-7-12(21-15(16)17)13(8-10)19-3/h6-8,11,15H,4-5,9H2,1-3H3. The van der Waals surface area contributed by atoms with Gasteiger partial charge in [-0.15, -0.1) is 0 Å². The SMILES string of the molecule is CCC(CC)C(=O)OCc1ccc(OC(F)F)c(OC)c1. The van der Waals surface area contributed by atoms with Gasteiger partial charge in [-0.2, -0.15) is 8.78 Å². The molecule has 0 aliphatic carbocycles. The average molecular weight is 302 g/mol. The van der Waals surface area contributed by atoms with Crippen LogP contribution in [0.3, 0.4) is 0 Å². The molecule has 0 aromatic heterocycles. The molecule has 0 spiro atoms. The minimum Gasteiger partial charge on any atom is -0.493 e. The zero-order valence-corrected chi connectivity index (χ0v) is 12.4. The highest BCUT2D eigenvalue weighted by atomic mass is 19.3. The molecule has 1 rings (SSSR count). The summed E-state index contributed by atoms with van der Waals surface area (Å²) in [4.78, 5) is 11.8. The Balaban J connectivity index is 2.70. The van der Waals surface area contributed by atoms with Crippen LogP contribution >= 0.6 is 0 Å². The van der Waals surface area contributed by atoms with Crippen LogP contribution in [0.25, 0.3) is 0 Å². The highest BCUT2D eigenvalue weighted by Gasteiger charge is 2.16. The van der Waals surface area contributed by atoms with E-state index < -0.39 is 6.61 Å². The summed E-state index contributed by atoms with van der Waals surface area (Å²) in [7, 11) is 1.35. The summed E-state index contributed by atoms with van der Waals surface area (Å²) in [6.45, 7) is 1.00. The molecule has 0 fully saturated rings. The quantitative estimate of drug-likeness (QED) is 0.686. The van der Waals surface area contributed by atoms with Crippen LogP contribution in [0.5, 0.6) is 11.5 Å². The Morgan fingerprint density at radius 3 is 2.38 bits per heavy atom. The predicted octanol–water partition coefficient (Wildman–Crippen LogP) is 3.78. The summed E-state index contributed by atoms with van der Waals surface area (Å²) in [5.41, 5.74) is 0.646. The van der Waals surface area contributed by atoms with Crippen molar-refractivity contribution in [1.29, 1.82) is 0 Å². The van der Waals surface area contributed by atoms with E-state index in [0.717, 1.165) is 12.8 Å². The smallest absolute Gasteiger partial charge is 0.387 e. The summed E-state index contributed by atoms with van der Waals surface area (Å²) < 4.78 is 38.9. The van der Waals surface area contributed by atoms with Gasteiger partial charge in [0.25, 0.3) is 0 Å². The first-order chi connectivity index (χ1) is 10.0. The van der Waals surface area contributed by atoms with Gasteiger partial charge in [0.1, 0.15) is 6.61 Å². The first-order valence-electron chi connectivity index (χ1n) is 6.80. The summed E-state index contributed by atoms with van der Waals surface area (Å²) in [6, 6.07) is 4.43. The number of rotatable bonds is 8. The van der Waals surface area contributed by atoms with Crippen LogP contribution in [0, 0.1) is 5.92 Å².